The predicted molar refractivity (Wildman–Crippen MR) is 192 cm³/mol. The van der Waals surface area contributed by atoms with Gasteiger partial charge in [0.05, 0.1) is 18.8 Å². The standard InChI is InChI=1S/C40H46N4O6/c1-29(10-9-15-36(46)41(24-25-45)27-30-11-3-2-4-12-30)40(50)34-26-33(43-23-8-6-14-38(43)48)20-21-35(34)44(39(40)49)28-31-16-18-32(19-17-31)42-22-7-5-13-37(42)47/h2-4,9-12,16-21,26,29,45,50H,5-8,13-15,22-25,27-28H2,1H3/b10-9+/t29-,40+/m1/s1. The maximum absolute atomic E-state index is 14.3. The second-order valence-electron chi connectivity index (χ2n) is 13.5. The van der Waals surface area contributed by atoms with E-state index in [4.69, 9.17) is 0 Å². The molecule has 0 unspecified atom stereocenters. The Morgan fingerprint density at radius 1 is 0.860 bits per heavy atom. The van der Waals surface area contributed by atoms with Gasteiger partial charge in [0.25, 0.3) is 5.91 Å². The van der Waals surface area contributed by atoms with Crippen LogP contribution in [0.15, 0.2) is 84.9 Å². The number of hydrogen-bond acceptors (Lipinski definition) is 6. The first-order valence-corrected chi connectivity index (χ1v) is 17.7. The molecular weight excluding hydrogens is 632 g/mol. The molecule has 2 fully saturated rings. The molecule has 2 saturated heterocycles. The third-order valence-corrected chi connectivity index (χ3v) is 10.1. The molecule has 10 nitrogen and oxygen atoms in total. The summed E-state index contributed by atoms with van der Waals surface area (Å²) in [5.41, 5.74) is 2.30. The molecule has 3 aromatic carbocycles. The molecule has 262 valence electrons. The lowest BCUT2D eigenvalue weighted by atomic mass is 9.82. The first-order chi connectivity index (χ1) is 24.2. The van der Waals surface area contributed by atoms with Gasteiger partial charge in [-0.05, 0) is 67.1 Å². The third-order valence-electron chi connectivity index (χ3n) is 10.1. The number of benzene rings is 3. The van der Waals surface area contributed by atoms with Crippen LogP contribution < -0.4 is 14.7 Å². The lowest BCUT2D eigenvalue weighted by molar-refractivity contribution is -0.139. The second-order valence-corrected chi connectivity index (χ2v) is 13.5. The normalized spacial score (nSPS) is 20.1. The second kappa shape index (κ2) is 15.4. The minimum absolute atomic E-state index is 0.0163. The molecule has 0 bridgehead atoms. The van der Waals surface area contributed by atoms with Crippen molar-refractivity contribution in [2.45, 2.75) is 70.6 Å². The highest BCUT2D eigenvalue weighted by molar-refractivity contribution is 6.08. The fraction of sp³-hybridized carbons (Fsp3) is 0.400. The van der Waals surface area contributed by atoms with Gasteiger partial charge in [0.1, 0.15) is 0 Å². The number of aliphatic hydroxyl groups is 2. The van der Waals surface area contributed by atoms with E-state index in [1.807, 2.05) is 60.7 Å². The van der Waals surface area contributed by atoms with Crippen LogP contribution in [-0.4, -0.2) is 65.0 Å². The van der Waals surface area contributed by atoms with Gasteiger partial charge in [-0.1, -0.05) is 61.5 Å². The van der Waals surface area contributed by atoms with Crippen molar-refractivity contribution in [1.82, 2.24) is 4.90 Å². The number of hydrogen-bond donors (Lipinski definition) is 2. The molecule has 2 N–H and O–H groups in total. The topological polar surface area (TPSA) is 122 Å². The molecule has 3 heterocycles. The van der Waals surface area contributed by atoms with Crippen LogP contribution in [0.1, 0.15) is 68.6 Å². The highest BCUT2D eigenvalue weighted by Gasteiger charge is 2.52. The molecule has 4 amide bonds. The molecule has 3 aliphatic rings. The molecule has 10 heteroatoms. The van der Waals surface area contributed by atoms with Crippen LogP contribution in [0.3, 0.4) is 0 Å². The van der Waals surface area contributed by atoms with E-state index in [0.717, 1.165) is 42.5 Å². The van der Waals surface area contributed by atoms with Crippen molar-refractivity contribution in [2.75, 3.05) is 40.9 Å². The fourth-order valence-corrected chi connectivity index (χ4v) is 7.24. The van der Waals surface area contributed by atoms with E-state index in [2.05, 4.69) is 0 Å². The van der Waals surface area contributed by atoms with Crippen molar-refractivity contribution in [1.29, 1.82) is 0 Å². The Morgan fingerprint density at radius 2 is 1.50 bits per heavy atom. The molecule has 3 aromatic rings. The van der Waals surface area contributed by atoms with Crippen LogP contribution in [0, 0.1) is 5.92 Å². The Hall–Kier alpha value is -4.80. The van der Waals surface area contributed by atoms with E-state index < -0.39 is 17.4 Å². The lowest BCUT2D eigenvalue weighted by Crippen LogP contribution is -2.44. The summed E-state index contributed by atoms with van der Waals surface area (Å²) in [5, 5.41) is 22.0. The summed E-state index contributed by atoms with van der Waals surface area (Å²) in [7, 11) is 0. The van der Waals surface area contributed by atoms with Crippen molar-refractivity contribution < 1.29 is 29.4 Å². The Kier molecular flexibility index (Phi) is 10.8. The van der Waals surface area contributed by atoms with Gasteiger partial charge < -0.3 is 29.8 Å². The van der Waals surface area contributed by atoms with Gasteiger partial charge in [0.2, 0.25) is 17.7 Å². The summed E-state index contributed by atoms with van der Waals surface area (Å²) >= 11 is 0. The van der Waals surface area contributed by atoms with Crippen LogP contribution in [0.2, 0.25) is 0 Å². The monoisotopic (exact) mass is 678 g/mol. The van der Waals surface area contributed by atoms with Crippen LogP contribution in [0.4, 0.5) is 17.1 Å². The van der Waals surface area contributed by atoms with Crippen molar-refractivity contribution in [2.24, 2.45) is 5.92 Å². The number of piperidine rings is 2. The number of anilines is 3. The number of fused-ring (bicyclic) bond motifs is 1. The third kappa shape index (κ3) is 7.22. The number of carbonyl (C=O) groups excluding carboxylic acids is 4. The van der Waals surface area contributed by atoms with Gasteiger partial charge in [0, 0.05) is 68.3 Å². The number of aliphatic hydroxyl groups excluding tert-OH is 1. The molecular formula is C40H46N4O6. The van der Waals surface area contributed by atoms with Gasteiger partial charge in [-0.3, -0.25) is 19.2 Å². The molecule has 6 rings (SSSR count). The maximum Gasteiger partial charge on any atom is 0.264 e. The van der Waals surface area contributed by atoms with E-state index >= 15 is 0 Å². The highest BCUT2D eigenvalue weighted by atomic mass is 16.3. The summed E-state index contributed by atoms with van der Waals surface area (Å²) in [6.07, 6.45) is 7.99. The average molecular weight is 679 g/mol. The largest absolute Gasteiger partial charge is 0.395 e. The van der Waals surface area contributed by atoms with Crippen LogP contribution >= 0.6 is 0 Å². The molecule has 0 aromatic heterocycles. The zero-order valence-electron chi connectivity index (χ0n) is 28.7. The fourth-order valence-electron chi connectivity index (χ4n) is 7.24. The summed E-state index contributed by atoms with van der Waals surface area (Å²) in [6, 6.07) is 22.6. The van der Waals surface area contributed by atoms with Gasteiger partial charge >= 0.3 is 0 Å². The number of nitrogens with zero attached hydrogens (tertiary/aromatic N) is 4. The van der Waals surface area contributed by atoms with E-state index in [0.29, 0.717) is 49.4 Å². The van der Waals surface area contributed by atoms with Gasteiger partial charge in [-0.25, -0.2) is 0 Å². The van der Waals surface area contributed by atoms with E-state index in [1.54, 1.807) is 50.8 Å². The summed E-state index contributed by atoms with van der Waals surface area (Å²) in [6.45, 7) is 3.61. The van der Waals surface area contributed by atoms with Crippen molar-refractivity contribution in [3.05, 3.63) is 102 Å². The average Bonchev–Trinajstić information content (AvgIpc) is 3.34. The van der Waals surface area contributed by atoms with Gasteiger partial charge in [-0.15, -0.1) is 0 Å². The summed E-state index contributed by atoms with van der Waals surface area (Å²) in [4.78, 5) is 59.5. The lowest BCUT2D eigenvalue weighted by Gasteiger charge is -2.30. The smallest absolute Gasteiger partial charge is 0.264 e. The van der Waals surface area contributed by atoms with Crippen molar-refractivity contribution in [3.63, 3.8) is 0 Å². The van der Waals surface area contributed by atoms with E-state index in [9.17, 15) is 29.4 Å². The highest BCUT2D eigenvalue weighted by Crippen LogP contribution is 2.47. The summed E-state index contributed by atoms with van der Waals surface area (Å²) in [5.74, 6) is -1.26. The quantitative estimate of drug-likeness (QED) is 0.259. The molecule has 0 aliphatic carbocycles. The molecule has 50 heavy (non-hydrogen) atoms. The minimum Gasteiger partial charge on any atom is -0.395 e. The zero-order chi connectivity index (χ0) is 35.3. The molecule has 2 atom stereocenters. The van der Waals surface area contributed by atoms with Gasteiger partial charge in [0.15, 0.2) is 5.60 Å². The van der Waals surface area contributed by atoms with Crippen molar-refractivity contribution >= 4 is 40.7 Å². The molecule has 0 spiro atoms. The first kappa shape index (κ1) is 35.0. The van der Waals surface area contributed by atoms with Crippen LogP contribution in [0.5, 0.6) is 0 Å². The Morgan fingerprint density at radius 3 is 2.14 bits per heavy atom. The molecule has 3 aliphatic heterocycles. The SMILES string of the molecule is C[C@H](/C=C/CC(=O)N(CCO)Cc1ccccc1)[C@@]1(O)C(=O)N(Cc2ccc(N3CCCCC3=O)cc2)c2ccc(N3CCCCC3=O)cc21. The minimum atomic E-state index is -1.95. The number of rotatable bonds is 12. The molecule has 0 radical (unpaired) electrons. The van der Waals surface area contributed by atoms with Gasteiger partial charge in [-0.2, -0.15) is 0 Å². The molecule has 0 saturated carbocycles. The first-order valence-electron chi connectivity index (χ1n) is 17.7. The Balaban J connectivity index is 1.25. The Bertz CT molecular complexity index is 1740. The van der Waals surface area contributed by atoms with Crippen LogP contribution in [-0.2, 0) is 37.9 Å². The number of carbonyl (C=O) groups is 4. The number of amides is 4. The van der Waals surface area contributed by atoms with Crippen LogP contribution in [0.25, 0.3) is 0 Å². The Labute approximate surface area is 293 Å². The van der Waals surface area contributed by atoms with Crippen molar-refractivity contribution in [3.8, 4) is 0 Å². The van der Waals surface area contributed by atoms with E-state index in [1.165, 1.54) is 0 Å². The zero-order valence-corrected chi connectivity index (χ0v) is 28.7. The maximum atomic E-state index is 14.3. The van der Waals surface area contributed by atoms with E-state index in [-0.39, 0.29) is 43.8 Å². The predicted octanol–water partition coefficient (Wildman–Crippen LogP) is 5.06. The summed E-state index contributed by atoms with van der Waals surface area (Å²) < 4.78 is 0.